The summed E-state index contributed by atoms with van der Waals surface area (Å²) in [6.07, 6.45) is 8.33. The molecule has 1 heterocycles. The highest BCUT2D eigenvalue weighted by atomic mass is 15.3. The first-order valence-electron chi connectivity index (χ1n) is 7.14. The maximum absolute atomic E-state index is 5.83. The topological polar surface area (TPSA) is 55.9 Å². The SMILES string of the molecule is CCc1nn(C)cc1C(NN)C1CCCC(C)C1. The highest BCUT2D eigenvalue weighted by molar-refractivity contribution is 5.22. The summed E-state index contributed by atoms with van der Waals surface area (Å²) in [5.74, 6) is 7.29. The van der Waals surface area contributed by atoms with Crippen LogP contribution in [0.4, 0.5) is 0 Å². The van der Waals surface area contributed by atoms with Crippen LogP contribution < -0.4 is 11.3 Å². The molecule has 1 fully saturated rings. The second-order valence-corrected chi connectivity index (χ2v) is 5.73. The lowest BCUT2D eigenvalue weighted by molar-refractivity contribution is 0.224. The van der Waals surface area contributed by atoms with Crippen molar-refractivity contribution in [1.82, 2.24) is 15.2 Å². The van der Waals surface area contributed by atoms with Crippen molar-refractivity contribution in [2.45, 2.75) is 52.0 Å². The molecule has 0 aromatic carbocycles. The first-order chi connectivity index (χ1) is 8.65. The van der Waals surface area contributed by atoms with Crippen LogP contribution in [0.1, 0.15) is 56.8 Å². The fourth-order valence-corrected chi connectivity index (χ4v) is 3.35. The Kier molecular flexibility index (Phi) is 4.40. The summed E-state index contributed by atoms with van der Waals surface area (Å²) in [6.45, 7) is 4.51. The summed E-state index contributed by atoms with van der Waals surface area (Å²) < 4.78 is 1.91. The zero-order chi connectivity index (χ0) is 13.1. The predicted octanol–water partition coefficient (Wildman–Crippen LogP) is 2.31. The van der Waals surface area contributed by atoms with Gasteiger partial charge in [-0.15, -0.1) is 0 Å². The molecular formula is C14H26N4. The molecule has 18 heavy (non-hydrogen) atoms. The third-order valence-corrected chi connectivity index (χ3v) is 4.24. The minimum Gasteiger partial charge on any atom is -0.275 e. The lowest BCUT2D eigenvalue weighted by Gasteiger charge is -2.33. The maximum atomic E-state index is 5.83. The van der Waals surface area contributed by atoms with Crippen LogP contribution in [-0.4, -0.2) is 9.78 Å². The van der Waals surface area contributed by atoms with Crippen LogP contribution in [0.5, 0.6) is 0 Å². The molecule has 4 heteroatoms. The van der Waals surface area contributed by atoms with Crippen molar-refractivity contribution in [2.75, 3.05) is 0 Å². The molecule has 1 aliphatic carbocycles. The van der Waals surface area contributed by atoms with Gasteiger partial charge in [0, 0.05) is 18.8 Å². The number of hydrogen-bond acceptors (Lipinski definition) is 3. The number of nitrogens with two attached hydrogens (primary N) is 1. The van der Waals surface area contributed by atoms with E-state index in [4.69, 9.17) is 5.84 Å². The fourth-order valence-electron chi connectivity index (χ4n) is 3.35. The van der Waals surface area contributed by atoms with Crippen LogP contribution in [-0.2, 0) is 13.5 Å². The summed E-state index contributed by atoms with van der Waals surface area (Å²) in [7, 11) is 1.99. The Morgan fingerprint density at radius 3 is 2.94 bits per heavy atom. The first kappa shape index (κ1) is 13.6. The zero-order valence-electron chi connectivity index (χ0n) is 11.8. The monoisotopic (exact) mass is 250 g/mol. The molecule has 1 saturated carbocycles. The second-order valence-electron chi connectivity index (χ2n) is 5.73. The van der Waals surface area contributed by atoms with Crippen LogP contribution in [0.25, 0.3) is 0 Å². The third-order valence-electron chi connectivity index (χ3n) is 4.24. The summed E-state index contributed by atoms with van der Waals surface area (Å²) >= 11 is 0. The van der Waals surface area contributed by atoms with Gasteiger partial charge in [-0.25, -0.2) is 0 Å². The number of aryl methyl sites for hydroxylation is 2. The summed E-state index contributed by atoms with van der Waals surface area (Å²) in [5.41, 5.74) is 5.52. The lowest BCUT2D eigenvalue weighted by Crippen LogP contribution is -2.36. The van der Waals surface area contributed by atoms with Crippen molar-refractivity contribution >= 4 is 0 Å². The molecule has 2 rings (SSSR count). The van der Waals surface area contributed by atoms with Gasteiger partial charge in [0.15, 0.2) is 0 Å². The average molecular weight is 250 g/mol. The standard InChI is InChI=1S/C14H26N4/c1-4-13-12(9-18(3)17-13)14(16-15)11-7-5-6-10(2)8-11/h9-11,14,16H,4-8,15H2,1-3H3. The van der Waals surface area contributed by atoms with Gasteiger partial charge in [-0.3, -0.25) is 16.0 Å². The van der Waals surface area contributed by atoms with Gasteiger partial charge in [-0.2, -0.15) is 5.10 Å². The molecule has 4 nitrogen and oxygen atoms in total. The molecule has 1 aromatic heterocycles. The van der Waals surface area contributed by atoms with Crippen molar-refractivity contribution in [2.24, 2.45) is 24.7 Å². The van der Waals surface area contributed by atoms with Crippen LogP contribution in [0.2, 0.25) is 0 Å². The van der Waals surface area contributed by atoms with Gasteiger partial charge >= 0.3 is 0 Å². The Hall–Kier alpha value is -0.870. The Bertz CT molecular complexity index is 385. The van der Waals surface area contributed by atoms with E-state index in [-0.39, 0.29) is 6.04 Å². The Labute approximate surface area is 110 Å². The van der Waals surface area contributed by atoms with Crippen LogP contribution >= 0.6 is 0 Å². The number of rotatable bonds is 4. The van der Waals surface area contributed by atoms with Crippen molar-refractivity contribution in [3.63, 3.8) is 0 Å². The van der Waals surface area contributed by atoms with Crippen molar-refractivity contribution < 1.29 is 0 Å². The van der Waals surface area contributed by atoms with E-state index in [9.17, 15) is 0 Å². The van der Waals surface area contributed by atoms with Crippen molar-refractivity contribution in [3.8, 4) is 0 Å². The fraction of sp³-hybridized carbons (Fsp3) is 0.786. The Morgan fingerprint density at radius 2 is 2.33 bits per heavy atom. The summed E-state index contributed by atoms with van der Waals surface area (Å²) in [6, 6.07) is 0.261. The highest BCUT2D eigenvalue weighted by Crippen LogP contribution is 2.37. The molecule has 0 spiro atoms. The van der Waals surface area contributed by atoms with Gasteiger partial charge in [-0.1, -0.05) is 26.7 Å². The lowest BCUT2D eigenvalue weighted by atomic mass is 9.77. The molecule has 102 valence electrons. The van der Waals surface area contributed by atoms with Gasteiger partial charge in [0.2, 0.25) is 0 Å². The molecule has 3 atom stereocenters. The molecule has 3 N–H and O–H groups in total. The Balaban J connectivity index is 2.21. The number of hydrazine groups is 1. The average Bonchev–Trinajstić information content (AvgIpc) is 2.71. The van der Waals surface area contributed by atoms with Crippen molar-refractivity contribution in [3.05, 3.63) is 17.5 Å². The van der Waals surface area contributed by atoms with E-state index in [1.54, 1.807) is 0 Å². The van der Waals surface area contributed by atoms with Gasteiger partial charge in [0.1, 0.15) is 0 Å². The molecular weight excluding hydrogens is 224 g/mol. The largest absolute Gasteiger partial charge is 0.275 e. The number of nitrogens with one attached hydrogen (secondary N) is 1. The van der Waals surface area contributed by atoms with Gasteiger partial charge < -0.3 is 0 Å². The minimum absolute atomic E-state index is 0.261. The quantitative estimate of drug-likeness (QED) is 0.637. The molecule has 0 radical (unpaired) electrons. The minimum atomic E-state index is 0.261. The van der Waals surface area contributed by atoms with Crippen LogP contribution in [0.3, 0.4) is 0 Å². The van der Waals surface area contributed by atoms with E-state index >= 15 is 0 Å². The molecule has 0 bridgehead atoms. The highest BCUT2D eigenvalue weighted by Gasteiger charge is 2.29. The Morgan fingerprint density at radius 1 is 1.56 bits per heavy atom. The maximum Gasteiger partial charge on any atom is 0.0670 e. The first-order valence-corrected chi connectivity index (χ1v) is 7.14. The predicted molar refractivity (Wildman–Crippen MR) is 73.8 cm³/mol. The summed E-state index contributed by atoms with van der Waals surface area (Å²) in [5, 5.41) is 4.53. The van der Waals surface area contributed by atoms with Crippen molar-refractivity contribution in [1.29, 1.82) is 0 Å². The van der Waals surface area contributed by atoms with E-state index < -0.39 is 0 Å². The van der Waals surface area contributed by atoms with E-state index in [0.717, 1.165) is 12.3 Å². The van der Waals surface area contributed by atoms with E-state index in [2.05, 4.69) is 30.6 Å². The molecule has 1 aliphatic rings. The van der Waals surface area contributed by atoms with Crippen LogP contribution in [0, 0.1) is 11.8 Å². The number of aromatic nitrogens is 2. The molecule has 3 unspecified atom stereocenters. The molecule has 0 saturated heterocycles. The number of hydrogen-bond donors (Lipinski definition) is 2. The van der Waals surface area contributed by atoms with E-state index in [1.165, 1.54) is 36.9 Å². The van der Waals surface area contributed by atoms with E-state index in [1.807, 2.05) is 11.7 Å². The normalized spacial score (nSPS) is 26.2. The third kappa shape index (κ3) is 2.75. The van der Waals surface area contributed by atoms with Crippen LogP contribution in [0.15, 0.2) is 6.20 Å². The summed E-state index contributed by atoms with van der Waals surface area (Å²) in [4.78, 5) is 0. The van der Waals surface area contributed by atoms with Gasteiger partial charge in [0.05, 0.1) is 11.7 Å². The zero-order valence-corrected chi connectivity index (χ0v) is 11.8. The van der Waals surface area contributed by atoms with E-state index in [0.29, 0.717) is 5.92 Å². The van der Waals surface area contributed by atoms with Gasteiger partial charge in [-0.05, 0) is 31.1 Å². The number of nitrogens with zero attached hydrogens (tertiary/aromatic N) is 2. The van der Waals surface area contributed by atoms with Gasteiger partial charge in [0.25, 0.3) is 0 Å². The molecule has 0 amide bonds. The smallest absolute Gasteiger partial charge is 0.0670 e. The molecule has 1 aromatic rings. The molecule has 0 aliphatic heterocycles. The second kappa shape index (κ2) is 5.85.